The maximum Gasteiger partial charge on any atom is 0.416 e. The number of hydrogen-bond acceptors (Lipinski definition) is 0. The number of alkyl halides is 3. The van der Waals surface area contributed by atoms with E-state index in [1.807, 2.05) is 0 Å². The quantitative estimate of drug-likeness (QED) is 0.626. The van der Waals surface area contributed by atoms with Crippen LogP contribution < -0.4 is 0 Å². The molecule has 0 fully saturated rings. The highest BCUT2D eigenvalue weighted by Crippen LogP contribution is 2.39. The minimum atomic E-state index is -4.31. The van der Waals surface area contributed by atoms with Gasteiger partial charge >= 0.3 is 6.18 Å². The summed E-state index contributed by atoms with van der Waals surface area (Å²) < 4.78 is 39.1. The summed E-state index contributed by atoms with van der Waals surface area (Å²) in [6, 6.07) is 2.77. The van der Waals surface area contributed by atoms with Gasteiger partial charge in [0.05, 0.1) is 5.56 Å². The van der Waals surface area contributed by atoms with E-state index < -0.39 is 17.2 Å². The summed E-state index contributed by atoms with van der Waals surface area (Å²) in [7, 11) is 0. The molecule has 0 aromatic heterocycles. The van der Waals surface area contributed by atoms with Gasteiger partial charge in [-0.25, -0.2) is 0 Å². The number of benzene rings is 1. The summed E-state index contributed by atoms with van der Waals surface area (Å²) in [5.74, 6) is 0. The number of halogens is 4. The fourth-order valence-corrected chi connectivity index (χ4v) is 1.88. The van der Waals surface area contributed by atoms with Gasteiger partial charge in [0.1, 0.15) is 0 Å². The Morgan fingerprint density at radius 2 is 1.50 bits per heavy atom. The molecule has 1 aromatic rings. The molecule has 1 rings (SSSR count). The molecule has 0 aliphatic rings. The summed E-state index contributed by atoms with van der Waals surface area (Å²) in [5, 5.41) is 0. The summed E-state index contributed by atoms with van der Waals surface area (Å²) in [5.41, 5.74) is 0.0761. The second-order valence-electron chi connectivity index (χ2n) is 4.89. The van der Waals surface area contributed by atoms with E-state index >= 15 is 0 Å². The fraction of sp³-hybridized carbons (Fsp3) is 0.500. The van der Waals surface area contributed by atoms with Crippen molar-refractivity contribution in [3.05, 3.63) is 33.3 Å². The second-order valence-corrected chi connectivity index (χ2v) is 5.75. The number of hydrogen-bond donors (Lipinski definition) is 0. The molecule has 1 aromatic carbocycles. The van der Waals surface area contributed by atoms with Crippen molar-refractivity contribution in [2.24, 2.45) is 0 Å². The maximum absolute atomic E-state index is 12.9. The van der Waals surface area contributed by atoms with E-state index in [-0.39, 0.29) is 0 Å². The molecule has 4 heteroatoms. The van der Waals surface area contributed by atoms with Gasteiger partial charge in [0.25, 0.3) is 0 Å². The third-order valence-electron chi connectivity index (χ3n) is 2.41. The average Bonchev–Trinajstić information content (AvgIpc) is 2.05. The average molecular weight is 295 g/mol. The zero-order valence-electron chi connectivity index (χ0n) is 9.67. The van der Waals surface area contributed by atoms with Gasteiger partial charge in [0.15, 0.2) is 0 Å². The van der Waals surface area contributed by atoms with Crippen LogP contribution in [-0.4, -0.2) is 0 Å². The first-order valence-electron chi connectivity index (χ1n) is 4.91. The molecular weight excluding hydrogens is 281 g/mol. The van der Waals surface area contributed by atoms with E-state index in [2.05, 4.69) is 15.9 Å². The molecule has 0 heterocycles. The Kier molecular flexibility index (Phi) is 3.44. The lowest BCUT2D eigenvalue weighted by Gasteiger charge is -2.25. The van der Waals surface area contributed by atoms with Gasteiger partial charge in [-0.1, -0.05) is 42.8 Å². The normalized spacial score (nSPS) is 13.0. The Labute approximate surface area is 102 Å². The summed E-state index contributed by atoms with van der Waals surface area (Å²) >= 11 is 3.14. The molecule has 90 valence electrons. The lowest BCUT2D eigenvalue weighted by Crippen LogP contribution is -2.19. The van der Waals surface area contributed by atoms with Gasteiger partial charge in [-0.15, -0.1) is 0 Å². The van der Waals surface area contributed by atoms with Gasteiger partial charge in [0, 0.05) is 4.47 Å². The first-order chi connectivity index (χ1) is 7.03. The third-order valence-corrected chi connectivity index (χ3v) is 3.27. The third kappa shape index (κ3) is 2.78. The highest BCUT2D eigenvalue weighted by molar-refractivity contribution is 9.10. The van der Waals surface area contributed by atoms with Crippen LogP contribution in [-0.2, 0) is 11.6 Å². The van der Waals surface area contributed by atoms with Gasteiger partial charge in [0.2, 0.25) is 0 Å². The van der Waals surface area contributed by atoms with E-state index in [1.54, 1.807) is 33.8 Å². The van der Waals surface area contributed by atoms with Gasteiger partial charge in [-0.2, -0.15) is 13.2 Å². The van der Waals surface area contributed by atoms with Crippen molar-refractivity contribution in [2.75, 3.05) is 0 Å². The van der Waals surface area contributed by atoms with Crippen molar-refractivity contribution >= 4 is 15.9 Å². The van der Waals surface area contributed by atoms with E-state index in [0.29, 0.717) is 10.0 Å². The molecule has 0 aliphatic heterocycles. The van der Waals surface area contributed by atoms with E-state index in [0.717, 1.165) is 11.6 Å². The van der Waals surface area contributed by atoms with Crippen molar-refractivity contribution in [1.29, 1.82) is 0 Å². The molecule has 0 aliphatic carbocycles. The largest absolute Gasteiger partial charge is 0.416 e. The molecule has 0 N–H and O–H groups in total. The summed E-state index contributed by atoms with van der Waals surface area (Å²) in [4.78, 5) is 0. The minimum absolute atomic E-state index is 0.334. The Morgan fingerprint density at radius 3 is 1.88 bits per heavy atom. The smallest absolute Gasteiger partial charge is 0.166 e. The van der Waals surface area contributed by atoms with E-state index in [4.69, 9.17) is 0 Å². The highest BCUT2D eigenvalue weighted by Gasteiger charge is 2.36. The van der Waals surface area contributed by atoms with Crippen LogP contribution in [0.3, 0.4) is 0 Å². The summed E-state index contributed by atoms with van der Waals surface area (Å²) in [6.07, 6.45) is -4.31. The second kappa shape index (κ2) is 4.06. The number of aryl methyl sites for hydroxylation is 1. The molecule has 0 unspecified atom stereocenters. The van der Waals surface area contributed by atoms with Crippen LogP contribution >= 0.6 is 15.9 Å². The Morgan fingerprint density at radius 1 is 1.00 bits per heavy atom. The lowest BCUT2D eigenvalue weighted by atomic mass is 9.82. The molecule has 16 heavy (non-hydrogen) atoms. The SMILES string of the molecule is Cc1cc(C(C)(C)C)c(C(F)(F)F)cc1Br. The minimum Gasteiger partial charge on any atom is -0.166 e. The molecular formula is C12H14BrF3. The topological polar surface area (TPSA) is 0 Å². The maximum atomic E-state index is 12.9. The standard InChI is InChI=1S/C12H14BrF3/c1-7-5-8(11(2,3)4)9(6-10(7)13)12(14,15)16/h5-6H,1-4H3. The van der Waals surface area contributed by atoms with Crippen LogP contribution in [0.1, 0.15) is 37.5 Å². The van der Waals surface area contributed by atoms with E-state index in [1.165, 1.54) is 0 Å². The monoisotopic (exact) mass is 294 g/mol. The van der Waals surface area contributed by atoms with Crippen LogP contribution in [0.2, 0.25) is 0 Å². The fourth-order valence-electron chi connectivity index (χ4n) is 1.54. The van der Waals surface area contributed by atoms with Crippen molar-refractivity contribution in [3.8, 4) is 0 Å². The van der Waals surface area contributed by atoms with Crippen LogP contribution in [0.5, 0.6) is 0 Å². The first-order valence-corrected chi connectivity index (χ1v) is 5.70. The Hall–Kier alpha value is -0.510. The zero-order chi connectivity index (χ0) is 12.7. The Bertz CT molecular complexity index is 361. The van der Waals surface area contributed by atoms with Gasteiger partial charge in [-0.3, -0.25) is 0 Å². The molecule has 0 bridgehead atoms. The van der Waals surface area contributed by atoms with Crippen LogP contribution in [0.15, 0.2) is 16.6 Å². The van der Waals surface area contributed by atoms with Crippen molar-refractivity contribution in [1.82, 2.24) is 0 Å². The van der Waals surface area contributed by atoms with E-state index in [9.17, 15) is 13.2 Å². The molecule has 0 saturated heterocycles. The predicted octanol–water partition coefficient (Wildman–Crippen LogP) is 5.07. The molecule has 0 radical (unpaired) electrons. The molecule has 0 amide bonds. The van der Waals surface area contributed by atoms with Crippen molar-refractivity contribution in [3.63, 3.8) is 0 Å². The highest BCUT2D eigenvalue weighted by atomic mass is 79.9. The van der Waals surface area contributed by atoms with Gasteiger partial charge in [-0.05, 0) is 29.5 Å². The zero-order valence-corrected chi connectivity index (χ0v) is 11.3. The lowest BCUT2D eigenvalue weighted by molar-refractivity contribution is -0.138. The predicted molar refractivity (Wildman–Crippen MR) is 62.6 cm³/mol. The van der Waals surface area contributed by atoms with Crippen molar-refractivity contribution in [2.45, 2.75) is 39.3 Å². The van der Waals surface area contributed by atoms with Gasteiger partial charge < -0.3 is 0 Å². The summed E-state index contributed by atoms with van der Waals surface area (Å²) in [6.45, 7) is 7.14. The first kappa shape index (κ1) is 13.6. The van der Waals surface area contributed by atoms with Crippen LogP contribution in [0.25, 0.3) is 0 Å². The van der Waals surface area contributed by atoms with Crippen LogP contribution in [0, 0.1) is 6.92 Å². The molecule has 0 spiro atoms. The molecule has 0 atom stereocenters. The molecule has 0 nitrogen and oxygen atoms in total. The van der Waals surface area contributed by atoms with Crippen molar-refractivity contribution < 1.29 is 13.2 Å². The molecule has 0 saturated carbocycles. The number of rotatable bonds is 0. The Balaban J connectivity index is 3.53. The van der Waals surface area contributed by atoms with Crippen LogP contribution in [0.4, 0.5) is 13.2 Å².